The molecule has 0 aliphatic carbocycles. The number of amides is 2. The van der Waals surface area contributed by atoms with Crippen LogP contribution in [0.3, 0.4) is 0 Å². The summed E-state index contributed by atoms with van der Waals surface area (Å²) in [7, 11) is 0. The Hall–Kier alpha value is -2.68. The number of cyclic esters (lactones) is 1. The zero-order chi connectivity index (χ0) is 23.5. The Labute approximate surface area is 196 Å². The molecule has 4 aliphatic heterocycles. The largest absolute Gasteiger partial charge is 0.461 e. The van der Waals surface area contributed by atoms with Crippen LogP contribution in [0.25, 0.3) is 0 Å². The molecule has 1 N–H and O–H groups in total. The molecular weight excluding hydrogens is 448 g/mol. The van der Waals surface area contributed by atoms with Crippen molar-refractivity contribution in [3.8, 4) is 0 Å². The number of anilines is 1. The smallest absolute Gasteiger partial charge is 0.313 e. The van der Waals surface area contributed by atoms with Crippen molar-refractivity contribution in [3.05, 3.63) is 53.1 Å². The fourth-order valence-corrected chi connectivity index (χ4v) is 5.96. The van der Waals surface area contributed by atoms with E-state index in [1.165, 1.54) is 4.90 Å². The summed E-state index contributed by atoms with van der Waals surface area (Å²) < 4.78 is 11.7. The lowest BCUT2D eigenvalue weighted by atomic mass is 9.78. The van der Waals surface area contributed by atoms with Crippen LogP contribution in [0.5, 0.6) is 0 Å². The molecule has 2 saturated heterocycles. The van der Waals surface area contributed by atoms with Crippen molar-refractivity contribution < 1.29 is 29.0 Å². The Bertz CT molecular complexity index is 1070. The topological polar surface area (TPSA) is 96.4 Å². The van der Waals surface area contributed by atoms with Crippen LogP contribution in [0.1, 0.15) is 12.5 Å². The van der Waals surface area contributed by atoms with Gasteiger partial charge in [-0.2, -0.15) is 0 Å². The molecule has 4 heterocycles. The van der Waals surface area contributed by atoms with E-state index < -0.39 is 47.5 Å². The van der Waals surface area contributed by atoms with Gasteiger partial charge in [-0.15, -0.1) is 0 Å². The minimum absolute atomic E-state index is 0.109. The van der Waals surface area contributed by atoms with Crippen LogP contribution in [0, 0.1) is 18.8 Å². The van der Waals surface area contributed by atoms with Crippen LogP contribution in [0.2, 0.25) is 5.02 Å². The number of carbonyl (C=O) groups is 3. The van der Waals surface area contributed by atoms with Gasteiger partial charge >= 0.3 is 5.97 Å². The molecule has 5 rings (SSSR count). The summed E-state index contributed by atoms with van der Waals surface area (Å²) >= 11 is 6.49. The van der Waals surface area contributed by atoms with Crippen LogP contribution in [0.15, 0.2) is 42.5 Å². The highest BCUT2D eigenvalue weighted by atomic mass is 35.5. The highest BCUT2D eigenvalue weighted by molar-refractivity contribution is 6.34. The quantitative estimate of drug-likeness (QED) is 0.530. The van der Waals surface area contributed by atoms with E-state index in [9.17, 15) is 19.5 Å². The van der Waals surface area contributed by atoms with Crippen LogP contribution < -0.4 is 4.90 Å². The first kappa shape index (κ1) is 22.1. The number of aryl methyl sites for hydroxylation is 1. The predicted molar refractivity (Wildman–Crippen MR) is 120 cm³/mol. The Kier molecular flexibility index (Phi) is 5.34. The Morgan fingerprint density at radius 1 is 1.24 bits per heavy atom. The molecule has 1 aromatic carbocycles. The average molecular weight is 473 g/mol. The van der Waals surface area contributed by atoms with Gasteiger partial charge in [0.25, 0.3) is 5.91 Å². The molecule has 0 aromatic heterocycles. The van der Waals surface area contributed by atoms with Crippen LogP contribution in [-0.4, -0.2) is 71.3 Å². The number of carbonyl (C=O) groups excluding carboxylic acids is 3. The molecule has 6 atom stereocenters. The van der Waals surface area contributed by atoms with E-state index in [-0.39, 0.29) is 25.7 Å². The zero-order valence-corrected chi connectivity index (χ0v) is 19.1. The van der Waals surface area contributed by atoms with Gasteiger partial charge in [0.05, 0.1) is 35.4 Å². The molecule has 174 valence electrons. The summed E-state index contributed by atoms with van der Waals surface area (Å²) in [6.45, 7) is 3.52. The maximum Gasteiger partial charge on any atom is 0.313 e. The van der Waals surface area contributed by atoms with E-state index in [4.69, 9.17) is 21.1 Å². The van der Waals surface area contributed by atoms with Gasteiger partial charge in [0.15, 0.2) is 0 Å². The number of hydrogen-bond donors (Lipinski definition) is 1. The van der Waals surface area contributed by atoms with E-state index >= 15 is 0 Å². The number of aliphatic hydroxyl groups excluding tert-OH is 1. The van der Waals surface area contributed by atoms with E-state index in [1.54, 1.807) is 42.2 Å². The molecule has 1 unspecified atom stereocenters. The summed E-state index contributed by atoms with van der Waals surface area (Å²) in [5.41, 5.74) is 0.00842. The van der Waals surface area contributed by atoms with Crippen LogP contribution in [0.4, 0.5) is 5.69 Å². The van der Waals surface area contributed by atoms with Crippen molar-refractivity contribution in [2.24, 2.45) is 11.8 Å². The monoisotopic (exact) mass is 472 g/mol. The van der Waals surface area contributed by atoms with E-state index in [1.807, 2.05) is 19.1 Å². The lowest BCUT2D eigenvalue weighted by molar-refractivity contribution is -0.153. The van der Waals surface area contributed by atoms with E-state index in [2.05, 4.69) is 0 Å². The molecule has 1 spiro atoms. The van der Waals surface area contributed by atoms with Crippen molar-refractivity contribution in [3.63, 3.8) is 0 Å². The third-order valence-electron chi connectivity index (χ3n) is 7.05. The SMILES string of the molecule is Cc1cccc(Cl)c1N1CC=C[C@]23O[C@@H]4C=CCOC(=O)[C@@H]4[C@H]2C(=O)N([C@H](C)CO)C3C1=O. The fraction of sp³-hybridized carbons (Fsp3) is 0.458. The van der Waals surface area contributed by atoms with E-state index in [0.29, 0.717) is 10.7 Å². The summed E-state index contributed by atoms with van der Waals surface area (Å²) in [4.78, 5) is 43.7. The predicted octanol–water partition coefficient (Wildman–Crippen LogP) is 1.63. The zero-order valence-electron chi connectivity index (χ0n) is 18.3. The highest BCUT2D eigenvalue weighted by Gasteiger charge is 2.72. The lowest BCUT2D eigenvalue weighted by Crippen LogP contribution is -2.57. The molecule has 9 heteroatoms. The Balaban J connectivity index is 1.67. The number of esters is 1. The number of rotatable bonds is 3. The second-order valence-corrected chi connectivity index (χ2v) is 9.34. The van der Waals surface area contributed by atoms with Gasteiger partial charge in [-0.05, 0) is 31.6 Å². The molecule has 33 heavy (non-hydrogen) atoms. The van der Waals surface area contributed by atoms with Crippen molar-refractivity contribution in [1.82, 2.24) is 4.90 Å². The number of halogens is 1. The molecule has 2 amide bonds. The number of nitrogens with zero attached hydrogens (tertiary/aromatic N) is 2. The number of likely N-dealkylation sites (tertiary alicyclic amines) is 1. The number of benzene rings is 1. The normalized spacial score (nSPS) is 33.9. The Morgan fingerprint density at radius 3 is 2.76 bits per heavy atom. The second-order valence-electron chi connectivity index (χ2n) is 8.93. The molecule has 1 aromatic rings. The molecule has 4 aliphatic rings. The molecular formula is C24H25ClN2O6. The Morgan fingerprint density at radius 2 is 2.03 bits per heavy atom. The first-order chi connectivity index (χ1) is 15.8. The first-order valence-corrected chi connectivity index (χ1v) is 11.4. The third kappa shape index (κ3) is 3.08. The number of fused-ring (bicyclic) bond motifs is 2. The standard InChI is InChI=1S/C24H25ClN2O6/c1-13-6-3-7-15(25)19(13)26-10-5-9-24-18(17-16(33-24)8-4-11-32-23(17)31)21(29)27(14(2)12-28)20(24)22(26)30/h3-9,14,16-18,20,28H,10-12H2,1-2H3/t14-,16-,17+,18+,20?,24+/m1/s1. The summed E-state index contributed by atoms with van der Waals surface area (Å²) in [5, 5.41) is 10.3. The van der Waals surface area contributed by atoms with Gasteiger partial charge in [-0.3, -0.25) is 14.4 Å². The van der Waals surface area contributed by atoms with Crippen molar-refractivity contribution in [2.45, 2.75) is 37.6 Å². The molecule has 0 radical (unpaired) electrons. The van der Waals surface area contributed by atoms with Gasteiger partial charge in [0.1, 0.15) is 24.2 Å². The van der Waals surface area contributed by atoms with Crippen LogP contribution in [-0.2, 0) is 23.9 Å². The maximum atomic E-state index is 14.1. The van der Waals surface area contributed by atoms with Gasteiger partial charge in [0.2, 0.25) is 5.91 Å². The molecule has 8 nitrogen and oxygen atoms in total. The minimum atomic E-state index is -1.36. The van der Waals surface area contributed by atoms with Gasteiger partial charge in [-0.25, -0.2) is 0 Å². The van der Waals surface area contributed by atoms with E-state index in [0.717, 1.165) is 5.56 Å². The van der Waals surface area contributed by atoms with Gasteiger partial charge in [0, 0.05) is 6.54 Å². The number of hydrogen-bond acceptors (Lipinski definition) is 6. The fourth-order valence-electron chi connectivity index (χ4n) is 5.64. The number of ether oxygens (including phenoxy) is 2. The van der Waals surface area contributed by atoms with Crippen molar-refractivity contribution >= 4 is 35.1 Å². The summed E-state index contributed by atoms with van der Waals surface area (Å²) in [6, 6.07) is 3.65. The second kappa shape index (κ2) is 7.97. The van der Waals surface area contributed by atoms with Crippen LogP contribution >= 0.6 is 11.6 Å². The number of aliphatic hydroxyl groups is 1. The minimum Gasteiger partial charge on any atom is -0.461 e. The average Bonchev–Trinajstić information content (AvgIpc) is 3.09. The molecule has 2 fully saturated rings. The van der Waals surface area contributed by atoms with Gasteiger partial charge < -0.3 is 24.4 Å². The first-order valence-electron chi connectivity index (χ1n) is 11.0. The van der Waals surface area contributed by atoms with Crippen molar-refractivity contribution in [1.29, 1.82) is 0 Å². The van der Waals surface area contributed by atoms with Crippen molar-refractivity contribution in [2.75, 3.05) is 24.7 Å². The lowest BCUT2D eigenvalue weighted by Gasteiger charge is -2.37. The molecule has 0 saturated carbocycles. The van der Waals surface area contributed by atoms with Gasteiger partial charge in [-0.1, -0.05) is 42.0 Å². The third-order valence-corrected chi connectivity index (χ3v) is 7.35. The number of para-hydroxylation sites is 1. The highest BCUT2D eigenvalue weighted by Crippen LogP contribution is 2.54. The summed E-state index contributed by atoms with van der Waals surface area (Å²) in [5.74, 6) is -3.12. The summed E-state index contributed by atoms with van der Waals surface area (Å²) in [6.07, 6.45) is 6.26. The molecule has 0 bridgehead atoms. The maximum absolute atomic E-state index is 14.1.